The highest BCUT2D eigenvalue weighted by atomic mass is 32.1. The summed E-state index contributed by atoms with van der Waals surface area (Å²) in [6, 6.07) is 8.15. The predicted molar refractivity (Wildman–Crippen MR) is 90.7 cm³/mol. The quantitative estimate of drug-likeness (QED) is 0.831. The summed E-state index contributed by atoms with van der Waals surface area (Å²) in [7, 11) is 0. The average Bonchev–Trinajstić information content (AvgIpc) is 2.81. The largest absolute Gasteiger partial charge is 0.399 e. The highest BCUT2D eigenvalue weighted by Gasteiger charge is 2.30. The first kappa shape index (κ1) is 14.6. The minimum atomic E-state index is 0.402. The van der Waals surface area contributed by atoms with E-state index in [0.29, 0.717) is 5.41 Å². The molecule has 1 atom stereocenters. The van der Waals surface area contributed by atoms with Crippen molar-refractivity contribution in [3.05, 3.63) is 45.4 Å². The van der Waals surface area contributed by atoms with Crippen LogP contribution in [0.3, 0.4) is 0 Å². The van der Waals surface area contributed by atoms with Crippen LogP contribution in [-0.4, -0.2) is 4.98 Å². The van der Waals surface area contributed by atoms with Gasteiger partial charge in [0, 0.05) is 17.0 Å². The summed E-state index contributed by atoms with van der Waals surface area (Å²) in [5, 5.41) is 1.25. The monoisotopic (exact) mass is 300 g/mol. The second-order valence-electron chi connectivity index (χ2n) is 7.20. The highest BCUT2D eigenvalue weighted by molar-refractivity contribution is 7.11. The van der Waals surface area contributed by atoms with Gasteiger partial charge in [-0.2, -0.15) is 0 Å². The Bertz CT molecular complexity index is 620. The molecule has 0 fully saturated rings. The van der Waals surface area contributed by atoms with E-state index >= 15 is 0 Å². The molecule has 2 aromatic rings. The molecule has 0 amide bonds. The second-order valence-corrected chi connectivity index (χ2v) is 8.37. The third-order valence-electron chi connectivity index (χ3n) is 4.54. The number of rotatable bonds is 2. The van der Waals surface area contributed by atoms with Crippen molar-refractivity contribution >= 4 is 17.0 Å². The van der Waals surface area contributed by atoms with Gasteiger partial charge in [0.25, 0.3) is 0 Å². The summed E-state index contributed by atoms with van der Waals surface area (Å²) in [4.78, 5) is 6.39. The number of nitrogen functional groups attached to an aromatic ring is 1. The van der Waals surface area contributed by atoms with E-state index in [1.807, 2.05) is 23.5 Å². The molecule has 0 aliphatic heterocycles. The van der Waals surface area contributed by atoms with Crippen LogP contribution in [0.1, 0.15) is 48.3 Å². The van der Waals surface area contributed by atoms with Crippen LogP contribution >= 0.6 is 11.3 Å². The van der Waals surface area contributed by atoms with E-state index in [1.54, 1.807) is 0 Å². The van der Waals surface area contributed by atoms with Crippen LogP contribution in [0.25, 0.3) is 0 Å². The van der Waals surface area contributed by atoms with Crippen LogP contribution in [0.2, 0.25) is 0 Å². The van der Waals surface area contributed by atoms with Crippen molar-refractivity contribution in [1.29, 1.82) is 0 Å². The molecule has 112 valence electrons. The Morgan fingerprint density at radius 2 is 1.95 bits per heavy atom. The van der Waals surface area contributed by atoms with Gasteiger partial charge in [-0.3, -0.25) is 0 Å². The van der Waals surface area contributed by atoms with Crippen molar-refractivity contribution in [1.82, 2.24) is 4.98 Å². The van der Waals surface area contributed by atoms with Crippen LogP contribution in [0.5, 0.6) is 0 Å². The first-order valence-corrected chi connectivity index (χ1v) is 8.55. The number of aromatic nitrogens is 1. The molecule has 1 aromatic heterocycles. The lowest BCUT2D eigenvalue weighted by atomic mass is 9.73. The highest BCUT2D eigenvalue weighted by Crippen LogP contribution is 2.39. The van der Waals surface area contributed by atoms with Gasteiger partial charge in [-0.05, 0) is 48.3 Å². The Morgan fingerprint density at radius 3 is 2.62 bits per heavy atom. The molecule has 3 heteroatoms. The van der Waals surface area contributed by atoms with Gasteiger partial charge >= 0.3 is 0 Å². The number of thiazole rings is 1. The Morgan fingerprint density at radius 1 is 1.24 bits per heavy atom. The Hall–Kier alpha value is -1.35. The van der Waals surface area contributed by atoms with E-state index in [4.69, 9.17) is 10.7 Å². The topological polar surface area (TPSA) is 38.9 Å². The van der Waals surface area contributed by atoms with Crippen molar-refractivity contribution in [2.75, 3.05) is 5.73 Å². The number of hydrogen-bond donors (Lipinski definition) is 1. The molecule has 1 heterocycles. The van der Waals surface area contributed by atoms with Crippen molar-refractivity contribution in [3.63, 3.8) is 0 Å². The average molecular weight is 300 g/mol. The molecule has 21 heavy (non-hydrogen) atoms. The van der Waals surface area contributed by atoms with E-state index in [1.165, 1.54) is 34.0 Å². The Kier molecular flexibility index (Phi) is 3.78. The fourth-order valence-corrected chi connectivity index (χ4v) is 4.28. The molecule has 0 bridgehead atoms. The number of aryl methyl sites for hydroxylation is 1. The summed E-state index contributed by atoms with van der Waals surface area (Å²) in [5.41, 5.74) is 9.62. The zero-order chi connectivity index (χ0) is 15.0. The zero-order valence-corrected chi connectivity index (χ0v) is 14.0. The summed E-state index contributed by atoms with van der Waals surface area (Å²) < 4.78 is 0. The van der Waals surface area contributed by atoms with E-state index < -0.39 is 0 Å². The number of fused-ring (bicyclic) bond motifs is 1. The van der Waals surface area contributed by atoms with Crippen LogP contribution < -0.4 is 5.73 Å². The van der Waals surface area contributed by atoms with E-state index in [0.717, 1.165) is 24.4 Å². The zero-order valence-electron chi connectivity index (χ0n) is 13.1. The van der Waals surface area contributed by atoms with Crippen molar-refractivity contribution in [2.45, 2.75) is 46.5 Å². The summed E-state index contributed by atoms with van der Waals surface area (Å²) in [6.45, 7) is 7.08. The Balaban J connectivity index is 1.76. The molecule has 1 unspecified atom stereocenters. The van der Waals surface area contributed by atoms with Crippen molar-refractivity contribution < 1.29 is 0 Å². The normalized spacial score (nSPS) is 18.5. The van der Waals surface area contributed by atoms with E-state index in [-0.39, 0.29) is 0 Å². The fraction of sp³-hybridized carbons (Fsp3) is 0.500. The standard InChI is InChI=1S/C18H24N2S/c1-18(2,3)13-6-9-15-16(11-13)21-17(20-15)10-12-4-7-14(19)8-5-12/h4-5,7-8,13H,6,9-11,19H2,1-3H3. The van der Waals surface area contributed by atoms with Gasteiger partial charge in [-0.15, -0.1) is 11.3 Å². The summed E-state index contributed by atoms with van der Waals surface area (Å²) >= 11 is 1.91. The summed E-state index contributed by atoms with van der Waals surface area (Å²) in [6.07, 6.45) is 4.56. The van der Waals surface area contributed by atoms with E-state index in [9.17, 15) is 0 Å². The molecule has 2 N–H and O–H groups in total. The number of hydrogen-bond acceptors (Lipinski definition) is 3. The third kappa shape index (κ3) is 3.29. The number of nitrogens with zero attached hydrogens (tertiary/aromatic N) is 1. The lowest BCUT2D eigenvalue weighted by Gasteiger charge is -2.33. The first-order chi connectivity index (χ1) is 9.91. The Labute approximate surface area is 131 Å². The van der Waals surface area contributed by atoms with Crippen molar-refractivity contribution in [2.24, 2.45) is 11.3 Å². The fourth-order valence-electron chi connectivity index (χ4n) is 3.05. The molecule has 2 nitrogen and oxygen atoms in total. The molecule has 1 aliphatic rings. The van der Waals surface area contributed by atoms with Crippen LogP contribution in [-0.2, 0) is 19.3 Å². The predicted octanol–water partition coefficient (Wildman–Crippen LogP) is 4.47. The molecule has 1 aromatic carbocycles. The second kappa shape index (κ2) is 5.45. The first-order valence-electron chi connectivity index (χ1n) is 7.73. The van der Waals surface area contributed by atoms with Gasteiger partial charge in [0.05, 0.1) is 10.7 Å². The maximum atomic E-state index is 5.74. The number of nitrogens with two attached hydrogens (primary N) is 1. The molecule has 0 spiro atoms. The molecular formula is C18H24N2S. The van der Waals surface area contributed by atoms with Crippen LogP contribution in [0, 0.1) is 11.3 Å². The lowest BCUT2D eigenvalue weighted by Crippen LogP contribution is -2.26. The number of benzene rings is 1. The van der Waals surface area contributed by atoms with Gasteiger partial charge in [0.1, 0.15) is 0 Å². The maximum absolute atomic E-state index is 5.74. The van der Waals surface area contributed by atoms with Crippen molar-refractivity contribution in [3.8, 4) is 0 Å². The lowest BCUT2D eigenvalue weighted by molar-refractivity contribution is 0.217. The van der Waals surface area contributed by atoms with Gasteiger partial charge in [-0.25, -0.2) is 4.98 Å². The molecule has 3 rings (SSSR count). The van der Waals surface area contributed by atoms with Gasteiger partial charge in [-0.1, -0.05) is 32.9 Å². The van der Waals surface area contributed by atoms with Crippen LogP contribution in [0.15, 0.2) is 24.3 Å². The molecular weight excluding hydrogens is 276 g/mol. The maximum Gasteiger partial charge on any atom is 0.0974 e. The van der Waals surface area contributed by atoms with Gasteiger partial charge in [0.2, 0.25) is 0 Å². The smallest absolute Gasteiger partial charge is 0.0974 e. The van der Waals surface area contributed by atoms with Gasteiger partial charge < -0.3 is 5.73 Å². The summed E-state index contributed by atoms with van der Waals surface area (Å²) in [5.74, 6) is 0.787. The van der Waals surface area contributed by atoms with Gasteiger partial charge in [0.15, 0.2) is 0 Å². The van der Waals surface area contributed by atoms with E-state index in [2.05, 4.69) is 32.9 Å². The number of anilines is 1. The minimum Gasteiger partial charge on any atom is -0.399 e. The molecule has 0 saturated carbocycles. The SMILES string of the molecule is CC(C)(C)C1CCc2nc(Cc3ccc(N)cc3)sc2C1. The molecule has 0 saturated heterocycles. The molecule has 0 radical (unpaired) electrons. The minimum absolute atomic E-state index is 0.402. The third-order valence-corrected chi connectivity index (χ3v) is 5.66. The molecule has 1 aliphatic carbocycles. The van der Waals surface area contributed by atoms with Crippen LogP contribution in [0.4, 0.5) is 5.69 Å².